The van der Waals surface area contributed by atoms with Crippen molar-refractivity contribution in [1.29, 1.82) is 0 Å². The number of halogens is 1. The number of Topliss-reactive ketones (excluding diaryl/α,β-unsaturated/α-hetero) is 1. The van der Waals surface area contributed by atoms with Gasteiger partial charge in [0, 0.05) is 21.5 Å². The van der Waals surface area contributed by atoms with Crippen LogP contribution in [-0.2, 0) is 6.54 Å². The molecule has 0 N–H and O–H groups in total. The Morgan fingerprint density at radius 3 is 2.68 bits per heavy atom. The van der Waals surface area contributed by atoms with Crippen LogP contribution >= 0.6 is 27.3 Å². The molecule has 0 fully saturated rings. The lowest BCUT2D eigenvalue weighted by Crippen LogP contribution is -2.27. The molecular weight excluding hydrogens is 328 g/mol. The molecule has 0 atom stereocenters. The first-order chi connectivity index (χ1) is 8.90. The van der Waals surface area contributed by atoms with Crippen LogP contribution in [0.2, 0.25) is 0 Å². The van der Waals surface area contributed by atoms with Gasteiger partial charge < -0.3 is 0 Å². The van der Waals surface area contributed by atoms with Crippen molar-refractivity contribution in [3.05, 3.63) is 48.2 Å². The molecule has 0 saturated carbocycles. The minimum atomic E-state index is -0.231. The van der Waals surface area contributed by atoms with Gasteiger partial charge in [0.15, 0.2) is 5.78 Å². The fourth-order valence-electron chi connectivity index (χ4n) is 1.87. The molecule has 0 aromatic carbocycles. The number of aryl methyl sites for hydroxylation is 3. The van der Waals surface area contributed by atoms with Crippen LogP contribution in [0.4, 0.5) is 0 Å². The van der Waals surface area contributed by atoms with Gasteiger partial charge in [-0.05, 0) is 42.8 Å². The Morgan fingerprint density at radius 1 is 1.42 bits per heavy atom. The predicted molar refractivity (Wildman–Crippen MR) is 79.1 cm³/mol. The number of rotatable bonds is 3. The average molecular weight is 341 g/mol. The number of nitrogens with zero attached hydrogens (tertiary/aromatic N) is 2. The van der Waals surface area contributed by atoms with Gasteiger partial charge in [-0.1, -0.05) is 0 Å². The summed E-state index contributed by atoms with van der Waals surface area (Å²) in [5, 5.41) is 0. The van der Waals surface area contributed by atoms with Crippen LogP contribution in [0.1, 0.15) is 25.9 Å². The lowest BCUT2D eigenvalue weighted by atomic mass is 10.1. The summed E-state index contributed by atoms with van der Waals surface area (Å²) >= 11 is 4.73. The first kappa shape index (κ1) is 14.1. The first-order valence-corrected chi connectivity index (χ1v) is 7.33. The fourth-order valence-corrected chi connectivity index (χ4v) is 3.13. The summed E-state index contributed by atoms with van der Waals surface area (Å²) < 4.78 is 1.75. The van der Waals surface area contributed by atoms with E-state index in [2.05, 4.69) is 20.9 Å². The molecule has 2 rings (SSSR count). The second kappa shape index (κ2) is 5.38. The van der Waals surface area contributed by atoms with Crippen LogP contribution in [0, 0.1) is 20.8 Å². The molecule has 0 bridgehead atoms. The molecule has 0 aliphatic heterocycles. The highest BCUT2D eigenvalue weighted by atomic mass is 79.9. The molecule has 0 amide bonds. The van der Waals surface area contributed by atoms with E-state index in [1.165, 1.54) is 10.8 Å². The first-order valence-electron chi connectivity index (χ1n) is 5.72. The molecule has 0 saturated heterocycles. The van der Waals surface area contributed by atoms with E-state index in [1.807, 2.05) is 19.9 Å². The fraction of sp³-hybridized carbons (Fsp3) is 0.308. The number of carbonyl (C=O) groups excluding carboxylic acids is 1. The van der Waals surface area contributed by atoms with Crippen molar-refractivity contribution in [2.45, 2.75) is 27.3 Å². The molecule has 19 heavy (non-hydrogen) atoms. The maximum atomic E-state index is 12.3. The third-order valence-electron chi connectivity index (χ3n) is 2.85. The van der Waals surface area contributed by atoms with E-state index in [1.54, 1.807) is 18.3 Å². The van der Waals surface area contributed by atoms with Gasteiger partial charge in [0.05, 0.1) is 6.54 Å². The third kappa shape index (κ3) is 2.84. The number of hydrogen-bond acceptors (Lipinski definition) is 4. The van der Waals surface area contributed by atoms with Gasteiger partial charge in [-0.2, -0.15) is 0 Å². The van der Waals surface area contributed by atoms with Gasteiger partial charge in [-0.25, -0.2) is 4.98 Å². The molecule has 2 heterocycles. The SMILES string of the molecule is Cc1cc(C(=O)Cn2c(C)ncc(Br)c2=O)c(C)s1. The predicted octanol–water partition coefficient (Wildman–Crippen LogP) is 2.88. The average Bonchev–Trinajstić information content (AvgIpc) is 2.69. The van der Waals surface area contributed by atoms with Crippen molar-refractivity contribution in [1.82, 2.24) is 9.55 Å². The number of ketones is 1. The van der Waals surface area contributed by atoms with E-state index in [0.717, 1.165) is 9.75 Å². The van der Waals surface area contributed by atoms with Crippen molar-refractivity contribution in [3.8, 4) is 0 Å². The van der Waals surface area contributed by atoms with Crippen molar-refractivity contribution in [2.24, 2.45) is 0 Å². The van der Waals surface area contributed by atoms with Crippen LogP contribution in [0.5, 0.6) is 0 Å². The van der Waals surface area contributed by atoms with E-state index >= 15 is 0 Å². The van der Waals surface area contributed by atoms with Gasteiger partial charge in [0.1, 0.15) is 10.3 Å². The number of carbonyl (C=O) groups is 1. The highest BCUT2D eigenvalue weighted by Crippen LogP contribution is 2.21. The largest absolute Gasteiger partial charge is 0.292 e. The highest BCUT2D eigenvalue weighted by Gasteiger charge is 2.15. The van der Waals surface area contributed by atoms with E-state index < -0.39 is 0 Å². The quantitative estimate of drug-likeness (QED) is 0.807. The summed E-state index contributed by atoms with van der Waals surface area (Å²) in [6, 6.07) is 1.87. The zero-order valence-electron chi connectivity index (χ0n) is 10.9. The van der Waals surface area contributed by atoms with E-state index in [0.29, 0.717) is 15.9 Å². The van der Waals surface area contributed by atoms with Gasteiger partial charge in [0.25, 0.3) is 5.56 Å². The number of hydrogen-bond donors (Lipinski definition) is 0. The second-order valence-corrected chi connectivity index (χ2v) is 6.61. The Morgan fingerprint density at radius 2 is 2.11 bits per heavy atom. The van der Waals surface area contributed by atoms with Crippen LogP contribution in [0.3, 0.4) is 0 Å². The standard InChI is InChI=1S/C13H13BrN2O2S/c1-7-4-10(8(2)19-7)12(17)6-16-9(3)15-5-11(14)13(16)18/h4-5H,6H2,1-3H3. The number of thiophene rings is 1. The Bertz CT molecular complexity index is 703. The molecule has 0 aliphatic rings. The molecule has 4 nitrogen and oxygen atoms in total. The summed E-state index contributed by atoms with van der Waals surface area (Å²) in [7, 11) is 0. The maximum Gasteiger partial charge on any atom is 0.268 e. The molecule has 0 unspecified atom stereocenters. The minimum absolute atomic E-state index is 0.0219. The van der Waals surface area contributed by atoms with Crippen LogP contribution in [0.15, 0.2) is 21.5 Å². The van der Waals surface area contributed by atoms with Crippen LogP contribution in [-0.4, -0.2) is 15.3 Å². The monoisotopic (exact) mass is 340 g/mol. The van der Waals surface area contributed by atoms with Gasteiger partial charge in [0.2, 0.25) is 0 Å². The van der Waals surface area contributed by atoms with Crippen LogP contribution < -0.4 is 5.56 Å². The lowest BCUT2D eigenvalue weighted by molar-refractivity contribution is 0.0969. The van der Waals surface area contributed by atoms with Crippen molar-refractivity contribution < 1.29 is 4.79 Å². The van der Waals surface area contributed by atoms with Crippen molar-refractivity contribution >= 4 is 33.0 Å². The van der Waals surface area contributed by atoms with E-state index in [9.17, 15) is 9.59 Å². The zero-order chi connectivity index (χ0) is 14.2. The van der Waals surface area contributed by atoms with Gasteiger partial charge >= 0.3 is 0 Å². The normalized spacial score (nSPS) is 10.7. The zero-order valence-corrected chi connectivity index (χ0v) is 13.3. The molecule has 6 heteroatoms. The molecule has 100 valence electrons. The van der Waals surface area contributed by atoms with Crippen LogP contribution in [0.25, 0.3) is 0 Å². The third-order valence-corrected chi connectivity index (χ3v) is 4.36. The summed E-state index contributed by atoms with van der Waals surface area (Å²) in [4.78, 5) is 30.4. The second-order valence-electron chi connectivity index (χ2n) is 4.29. The van der Waals surface area contributed by atoms with Gasteiger partial charge in [-0.3, -0.25) is 14.2 Å². The van der Waals surface area contributed by atoms with Gasteiger partial charge in [-0.15, -0.1) is 11.3 Å². The summed E-state index contributed by atoms with van der Waals surface area (Å²) in [6.45, 7) is 5.62. The Hall–Kier alpha value is -1.27. The smallest absolute Gasteiger partial charge is 0.268 e. The summed E-state index contributed by atoms with van der Waals surface area (Å²) in [6.07, 6.45) is 1.46. The maximum absolute atomic E-state index is 12.3. The molecule has 0 aliphatic carbocycles. The van der Waals surface area contributed by atoms with E-state index in [4.69, 9.17) is 0 Å². The minimum Gasteiger partial charge on any atom is -0.292 e. The molecule has 0 spiro atoms. The van der Waals surface area contributed by atoms with Crippen molar-refractivity contribution in [3.63, 3.8) is 0 Å². The van der Waals surface area contributed by atoms with Crippen molar-refractivity contribution in [2.75, 3.05) is 0 Å². The van der Waals surface area contributed by atoms with E-state index in [-0.39, 0.29) is 17.9 Å². The Balaban J connectivity index is 2.37. The molecule has 0 radical (unpaired) electrons. The lowest BCUT2D eigenvalue weighted by Gasteiger charge is -2.08. The molecule has 2 aromatic heterocycles. The molecule has 2 aromatic rings. The topological polar surface area (TPSA) is 52.0 Å². The summed E-state index contributed by atoms with van der Waals surface area (Å²) in [5.41, 5.74) is 0.458. The highest BCUT2D eigenvalue weighted by molar-refractivity contribution is 9.10. The number of aromatic nitrogens is 2. The molecular formula is C13H13BrN2O2S. The summed E-state index contributed by atoms with van der Waals surface area (Å²) in [5.74, 6) is 0.470. The Kier molecular flexibility index (Phi) is 4.01. The Labute approximate surface area is 123 Å².